The van der Waals surface area contributed by atoms with Gasteiger partial charge in [0.25, 0.3) is 5.91 Å². The lowest BCUT2D eigenvalue weighted by molar-refractivity contribution is 0.0933. The zero-order chi connectivity index (χ0) is 18.5. The molecule has 1 unspecified atom stereocenters. The van der Waals surface area contributed by atoms with E-state index in [0.717, 1.165) is 24.3 Å². The van der Waals surface area contributed by atoms with Crippen LogP contribution in [0.15, 0.2) is 24.3 Å². The molecule has 0 spiro atoms. The standard InChI is InChI=1S/C21H27N3O2/c1-13(15-7-8-19-16(11-15)9-10-26-19)22-20(25)17-12-18(14-5-6-14)24(23-17)21(2,3)4/h7-8,11-14H,5-6,9-10H2,1-4H3,(H,22,25). The van der Waals surface area contributed by atoms with E-state index in [0.29, 0.717) is 11.6 Å². The Labute approximate surface area is 154 Å². The molecule has 5 nitrogen and oxygen atoms in total. The van der Waals surface area contributed by atoms with Gasteiger partial charge in [-0.05, 0) is 69.9 Å². The van der Waals surface area contributed by atoms with Crippen LogP contribution in [0.1, 0.15) is 79.8 Å². The SMILES string of the molecule is CC(NC(=O)c1cc(C2CC2)n(C(C)(C)C)n1)c1ccc2c(c1)CCO2. The van der Waals surface area contributed by atoms with Crippen LogP contribution in [0.2, 0.25) is 0 Å². The first-order valence-electron chi connectivity index (χ1n) is 9.50. The molecule has 26 heavy (non-hydrogen) atoms. The van der Waals surface area contributed by atoms with Gasteiger partial charge in [-0.15, -0.1) is 0 Å². The number of carbonyl (C=O) groups excluding carboxylic acids is 1. The van der Waals surface area contributed by atoms with Crippen molar-refractivity contribution < 1.29 is 9.53 Å². The molecular weight excluding hydrogens is 326 g/mol. The van der Waals surface area contributed by atoms with Gasteiger partial charge in [0.2, 0.25) is 0 Å². The summed E-state index contributed by atoms with van der Waals surface area (Å²) in [4.78, 5) is 12.8. The van der Waals surface area contributed by atoms with Gasteiger partial charge in [-0.2, -0.15) is 5.10 Å². The summed E-state index contributed by atoms with van der Waals surface area (Å²) in [5, 5.41) is 7.73. The molecule has 1 aromatic carbocycles. The quantitative estimate of drug-likeness (QED) is 0.906. The van der Waals surface area contributed by atoms with Crippen LogP contribution >= 0.6 is 0 Å². The van der Waals surface area contributed by atoms with Gasteiger partial charge in [0.15, 0.2) is 0 Å². The summed E-state index contributed by atoms with van der Waals surface area (Å²) in [7, 11) is 0. The molecule has 2 heterocycles. The number of hydrogen-bond acceptors (Lipinski definition) is 3. The third kappa shape index (κ3) is 3.22. The molecule has 1 amide bonds. The Morgan fingerprint density at radius 1 is 1.31 bits per heavy atom. The van der Waals surface area contributed by atoms with Crippen LogP contribution in [0.5, 0.6) is 5.75 Å². The molecule has 1 fully saturated rings. The number of fused-ring (bicyclic) bond motifs is 1. The number of hydrogen-bond donors (Lipinski definition) is 1. The number of benzene rings is 1. The molecule has 1 aliphatic heterocycles. The number of aromatic nitrogens is 2. The molecule has 1 atom stereocenters. The largest absolute Gasteiger partial charge is 0.493 e. The third-order valence-corrected chi connectivity index (χ3v) is 5.16. The summed E-state index contributed by atoms with van der Waals surface area (Å²) in [6.07, 6.45) is 3.32. The zero-order valence-electron chi connectivity index (χ0n) is 16.0. The van der Waals surface area contributed by atoms with Gasteiger partial charge < -0.3 is 10.1 Å². The first kappa shape index (κ1) is 17.1. The van der Waals surface area contributed by atoms with E-state index in [4.69, 9.17) is 4.74 Å². The van der Waals surface area contributed by atoms with Gasteiger partial charge >= 0.3 is 0 Å². The van der Waals surface area contributed by atoms with Crippen molar-refractivity contribution in [1.82, 2.24) is 15.1 Å². The number of rotatable bonds is 4. The first-order chi connectivity index (χ1) is 12.3. The Morgan fingerprint density at radius 2 is 2.08 bits per heavy atom. The maximum Gasteiger partial charge on any atom is 0.272 e. The highest BCUT2D eigenvalue weighted by atomic mass is 16.5. The smallest absolute Gasteiger partial charge is 0.272 e. The second-order valence-electron chi connectivity index (χ2n) is 8.47. The third-order valence-electron chi connectivity index (χ3n) is 5.16. The van der Waals surface area contributed by atoms with E-state index in [2.05, 4.69) is 37.3 Å². The Morgan fingerprint density at radius 3 is 2.77 bits per heavy atom. The predicted molar refractivity (Wildman–Crippen MR) is 101 cm³/mol. The van der Waals surface area contributed by atoms with Crippen molar-refractivity contribution >= 4 is 5.91 Å². The molecule has 0 bridgehead atoms. The van der Waals surface area contributed by atoms with Crippen molar-refractivity contribution in [3.05, 3.63) is 46.8 Å². The van der Waals surface area contributed by atoms with Crippen LogP contribution in [0.25, 0.3) is 0 Å². The van der Waals surface area contributed by atoms with Crippen LogP contribution in [0.3, 0.4) is 0 Å². The van der Waals surface area contributed by atoms with E-state index in [9.17, 15) is 4.79 Å². The van der Waals surface area contributed by atoms with Crippen LogP contribution in [0, 0.1) is 0 Å². The topological polar surface area (TPSA) is 56.2 Å². The van der Waals surface area contributed by atoms with E-state index < -0.39 is 0 Å². The zero-order valence-corrected chi connectivity index (χ0v) is 16.0. The lowest BCUT2D eigenvalue weighted by Crippen LogP contribution is -2.29. The van der Waals surface area contributed by atoms with Gasteiger partial charge in [-0.25, -0.2) is 0 Å². The van der Waals surface area contributed by atoms with Crippen LogP contribution in [-0.2, 0) is 12.0 Å². The van der Waals surface area contributed by atoms with E-state index in [1.54, 1.807) is 0 Å². The van der Waals surface area contributed by atoms with Gasteiger partial charge in [0.1, 0.15) is 11.4 Å². The number of ether oxygens (including phenoxy) is 1. The molecule has 2 aromatic rings. The summed E-state index contributed by atoms with van der Waals surface area (Å²) in [5.74, 6) is 1.40. The average molecular weight is 353 g/mol. The Kier molecular flexibility index (Phi) is 4.05. The van der Waals surface area contributed by atoms with Crippen LogP contribution in [-0.4, -0.2) is 22.3 Å². The normalized spacial score (nSPS) is 17.5. The highest BCUT2D eigenvalue weighted by Crippen LogP contribution is 2.41. The molecule has 5 heteroatoms. The first-order valence-corrected chi connectivity index (χ1v) is 9.50. The molecule has 1 aromatic heterocycles. The highest BCUT2D eigenvalue weighted by molar-refractivity contribution is 5.92. The molecule has 0 saturated heterocycles. The van der Waals surface area contributed by atoms with E-state index in [-0.39, 0.29) is 17.5 Å². The second kappa shape index (κ2) is 6.15. The van der Waals surface area contributed by atoms with E-state index in [1.165, 1.54) is 24.1 Å². The molecule has 1 saturated carbocycles. The highest BCUT2D eigenvalue weighted by Gasteiger charge is 2.32. The Balaban J connectivity index is 1.53. The summed E-state index contributed by atoms with van der Waals surface area (Å²) in [5.41, 5.74) is 3.89. The molecule has 2 aliphatic rings. The van der Waals surface area contributed by atoms with Gasteiger partial charge in [0, 0.05) is 18.0 Å². The monoisotopic (exact) mass is 353 g/mol. The molecule has 4 rings (SSSR count). The van der Waals surface area contributed by atoms with E-state index in [1.807, 2.05) is 29.8 Å². The maximum absolute atomic E-state index is 12.8. The molecule has 0 radical (unpaired) electrons. The fourth-order valence-electron chi connectivity index (χ4n) is 3.54. The summed E-state index contributed by atoms with van der Waals surface area (Å²) in [6.45, 7) is 9.14. The van der Waals surface area contributed by atoms with Crippen molar-refractivity contribution in [3.63, 3.8) is 0 Å². The Bertz CT molecular complexity index is 843. The fourth-order valence-corrected chi connectivity index (χ4v) is 3.54. The average Bonchev–Trinajstić information content (AvgIpc) is 3.15. The van der Waals surface area contributed by atoms with E-state index >= 15 is 0 Å². The summed E-state index contributed by atoms with van der Waals surface area (Å²) in [6, 6.07) is 8.06. The molecular formula is C21H27N3O2. The van der Waals surface area contributed by atoms with Crippen molar-refractivity contribution in [2.45, 2.75) is 64.5 Å². The molecule has 138 valence electrons. The number of nitrogens with zero attached hydrogens (tertiary/aromatic N) is 2. The van der Waals surface area contributed by atoms with Crippen molar-refractivity contribution in [3.8, 4) is 5.75 Å². The molecule has 1 aliphatic carbocycles. The fraction of sp³-hybridized carbons (Fsp3) is 0.524. The predicted octanol–water partition coefficient (Wildman–Crippen LogP) is 3.94. The van der Waals surface area contributed by atoms with Crippen LogP contribution in [0.4, 0.5) is 0 Å². The van der Waals surface area contributed by atoms with Crippen LogP contribution < -0.4 is 10.1 Å². The van der Waals surface area contributed by atoms with Gasteiger partial charge in [0.05, 0.1) is 18.2 Å². The van der Waals surface area contributed by atoms with Gasteiger partial charge in [-0.1, -0.05) is 6.07 Å². The minimum absolute atomic E-state index is 0.0717. The van der Waals surface area contributed by atoms with Gasteiger partial charge in [-0.3, -0.25) is 9.48 Å². The van der Waals surface area contributed by atoms with Crippen molar-refractivity contribution in [2.24, 2.45) is 0 Å². The number of amides is 1. The second-order valence-corrected chi connectivity index (χ2v) is 8.47. The minimum Gasteiger partial charge on any atom is -0.493 e. The lowest BCUT2D eigenvalue weighted by Gasteiger charge is -2.22. The number of carbonyl (C=O) groups is 1. The summed E-state index contributed by atoms with van der Waals surface area (Å²) < 4.78 is 7.58. The summed E-state index contributed by atoms with van der Waals surface area (Å²) >= 11 is 0. The number of nitrogens with one attached hydrogen (secondary N) is 1. The molecule has 1 N–H and O–H groups in total. The minimum atomic E-state index is -0.123. The van der Waals surface area contributed by atoms with Crippen molar-refractivity contribution in [2.75, 3.05) is 6.61 Å². The Hall–Kier alpha value is -2.30. The lowest BCUT2D eigenvalue weighted by atomic mass is 10.0. The van der Waals surface area contributed by atoms with Crippen molar-refractivity contribution in [1.29, 1.82) is 0 Å². The maximum atomic E-state index is 12.8.